The van der Waals surface area contributed by atoms with E-state index in [-0.39, 0.29) is 5.69 Å². The number of rotatable bonds is 1. The van der Waals surface area contributed by atoms with Gasteiger partial charge in [0, 0.05) is 10.4 Å². The number of aromatic nitrogens is 1. The number of halogens is 1. The molecule has 14 heavy (non-hydrogen) atoms. The minimum absolute atomic E-state index is 0.250. The van der Waals surface area contributed by atoms with E-state index in [0.717, 1.165) is 5.39 Å². The molecule has 0 fully saturated rings. The third-order valence-electron chi connectivity index (χ3n) is 1.91. The summed E-state index contributed by atoms with van der Waals surface area (Å²) in [4.78, 5) is 14.9. The second-order valence-electron chi connectivity index (χ2n) is 2.90. The third kappa shape index (κ3) is 1.54. The van der Waals surface area contributed by atoms with E-state index < -0.39 is 5.91 Å². The Morgan fingerprint density at radius 1 is 1.29 bits per heavy atom. The van der Waals surface area contributed by atoms with Crippen LogP contribution in [0.25, 0.3) is 10.9 Å². The number of hydrogen-bond donors (Lipinski definition) is 1. The van der Waals surface area contributed by atoms with Gasteiger partial charge in [0.1, 0.15) is 5.69 Å². The van der Waals surface area contributed by atoms with Crippen LogP contribution in [-0.4, -0.2) is 10.9 Å². The Kier molecular flexibility index (Phi) is 2.09. The fourth-order valence-electron chi connectivity index (χ4n) is 1.23. The van der Waals surface area contributed by atoms with Crippen LogP contribution in [-0.2, 0) is 0 Å². The number of fused-ring (bicyclic) bond motifs is 1. The summed E-state index contributed by atoms with van der Waals surface area (Å²) >= 11 is 5.79. The largest absolute Gasteiger partial charge is 0.364 e. The van der Waals surface area contributed by atoms with Gasteiger partial charge >= 0.3 is 0 Å². The smallest absolute Gasteiger partial charge is 0.267 e. The van der Waals surface area contributed by atoms with Crippen LogP contribution in [0, 0.1) is 0 Å². The Bertz CT molecular complexity index is 510. The number of primary amides is 1. The molecule has 0 spiro atoms. The summed E-state index contributed by atoms with van der Waals surface area (Å²) < 4.78 is 0. The molecule has 2 aromatic rings. The number of nitrogens with two attached hydrogens (primary N) is 1. The normalized spacial score (nSPS) is 10.4. The molecule has 70 valence electrons. The number of benzene rings is 1. The van der Waals surface area contributed by atoms with Crippen molar-refractivity contribution < 1.29 is 4.79 Å². The highest BCUT2D eigenvalue weighted by Crippen LogP contribution is 2.17. The molecule has 0 unspecified atom stereocenters. The van der Waals surface area contributed by atoms with Crippen molar-refractivity contribution in [2.75, 3.05) is 0 Å². The lowest BCUT2D eigenvalue weighted by Gasteiger charge is -1.99. The van der Waals surface area contributed by atoms with Crippen LogP contribution in [0.5, 0.6) is 0 Å². The lowest BCUT2D eigenvalue weighted by molar-refractivity contribution is 0.0996. The maximum Gasteiger partial charge on any atom is 0.267 e. The maximum absolute atomic E-state index is 10.9. The summed E-state index contributed by atoms with van der Waals surface area (Å²) in [6, 6.07) is 8.70. The second kappa shape index (κ2) is 3.27. The Hall–Kier alpha value is -1.61. The first kappa shape index (κ1) is 8.97. The standard InChI is InChI=1S/C10H7ClN2O/c11-7-3-1-6-2-4-8(10(12)14)13-9(6)5-7/h1-5H,(H2,12,14). The lowest BCUT2D eigenvalue weighted by Crippen LogP contribution is -2.12. The van der Waals surface area contributed by atoms with E-state index in [4.69, 9.17) is 17.3 Å². The van der Waals surface area contributed by atoms with Crippen molar-refractivity contribution in [3.05, 3.63) is 41.0 Å². The minimum Gasteiger partial charge on any atom is -0.364 e. The van der Waals surface area contributed by atoms with E-state index >= 15 is 0 Å². The fourth-order valence-corrected chi connectivity index (χ4v) is 1.39. The molecule has 3 nitrogen and oxygen atoms in total. The van der Waals surface area contributed by atoms with Crippen molar-refractivity contribution in [2.45, 2.75) is 0 Å². The average Bonchev–Trinajstić information content (AvgIpc) is 2.16. The molecule has 0 saturated carbocycles. The van der Waals surface area contributed by atoms with Crippen LogP contribution in [0.4, 0.5) is 0 Å². The molecule has 0 atom stereocenters. The van der Waals surface area contributed by atoms with Crippen LogP contribution in [0.1, 0.15) is 10.5 Å². The zero-order valence-electron chi connectivity index (χ0n) is 7.20. The highest BCUT2D eigenvalue weighted by molar-refractivity contribution is 6.31. The zero-order chi connectivity index (χ0) is 10.1. The predicted octanol–water partition coefficient (Wildman–Crippen LogP) is 1.99. The SMILES string of the molecule is NC(=O)c1ccc2ccc(Cl)cc2n1. The highest BCUT2D eigenvalue weighted by atomic mass is 35.5. The fraction of sp³-hybridized carbons (Fsp3) is 0. The van der Waals surface area contributed by atoms with Gasteiger partial charge in [0.2, 0.25) is 0 Å². The number of carbonyl (C=O) groups excluding carboxylic acids is 1. The van der Waals surface area contributed by atoms with Gasteiger partial charge in [-0.2, -0.15) is 0 Å². The average molecular weight is 207 g/mol. The molecule has 0 bridgehead atoms. The lowest BCUT2D eigenvalue weighted by atomic mass is 10.2. The highest BCUT2D eigenvalue weighted by Gasteiger charge is 2.03. The number of pyridine rings is 1. The van der Waals surface area contributed by atoms with Crippen LogP contribution >= 0.6 is 11.6 Å². The summed E-state index contributed by atoms with van der Waals surface area (Å²) in [5.74, 6) is -0.535. The minimum atomic E-state index is -0.535. The Morgan fingerprint density at radius 3 is 2.71 bits per heavy atom. The zero-order valence-corrected chi connectivity index (χ0v) is 7.95. The van der Waals surface area contributed by atoms with E-state index in [0.29, 0.717) is 10.5 Å². The van der Waals surface area contributed by atoms with Gasteiger partial charge in [-0.25, -0.2) is 4.98 Å². The molecule has 1 heterocycles. The van der Waals surface area contributed by atoms with E-state index in [1.54, 1.807) is 24.3 Å². The summed E-state index contributed by atoms with van der Waals surface area (Å²) in [5.41, 5.74) is 6.03. The summed E-state index contributed by atoms with van der Waals surface area (Å²) in [6.45, 7) is 0. The topological polar surface area (TPSA) is 56.0 Å². The number of amides is 1. The second-order valence-corrected chi connectivity index (χ2v) is 3.33. The van der Waals surface area contributed by atoms with Gasteiger partial charge < -0.3 is 5.73 Å². The molecular weight excluding hydrogens is 200 g/mol. The van der Waals surface area contributed by atoms with Crippen LogP contribution in [0.2, 0.25) is 5.02 Å². The van der Waals surface area contributed by atoms with Crippen molar-refractivity contribution in [1.82, 2.24) is 4.98 Å². The van der Waals surface area contributed by atoms with Crippen molar-refractivity contribution in [3.63, 3.8) is 0 Å². The molecule has 0 saturated heterocycles. The molecule has 4 heteroatoms. The van der Waals surface area contributed by atoms with Crippen LogP contribution in [0.3, 0.4) is 0 Å². The van der Waals surface area contributed by atoms with Gasteiger partial charge in [0.05, 0.1) is 5.52 Å². The first-order valence-electron chi connectivity index (χ1n) is 4.03. The van der Waals surface area contributed by atoms with Gasteiger partial charge in [-0.15, -0.1) is 0 Å². The monoisotopic (exact) mass is 206 g/mol. The van der Waals surface area contributed by atoms with Crippen molar-refractivity contribution in [2.24, 2.45) is 5.73 Å². The summed E-state index contributed by atoms with van der Waals surface area (Å²) in [6.07, 6.45) is 0. The first-order chi connectivity index (χ1) is 6.66. The molecule has 1 amide bonds. The van der Waals surface area contributed by atoms with Gasteiger partial charge in [0.25, 0.3) is 5.91 Å². The number of carbonyl (C=O) groups is 1. The quantitative estimate of drug-likeness (QED) is 0.776. The molecule has 0 aliphatic rings. The third-order valence-corrected chi connectivity index (χ3v) is 2.14. The Morgan fingerprint density at radius 2 is 2.00 bits per heavy atom. The van der Waals surface area contributed by atoms with Gasteiger partial charge in [-0.05, 0) is 18.2 Å². The molecule has 0 aliphatic carbocycles. The van der Waals surface area contributed by atoms with Crippen molar-refractivity contribution in [3.8, 4) is 0 Å². The predicted molar refractivity (Wildman–Crippen MR) is 55.3 cm³/mol. The molecule has 0 aliphatic heterocycles. The van der Waals surface area contributed by atoms with E-state index in [1.807, 2.05) is 6.07 Å². The van der Waals surface area contributed by atoms with Crippen molar-refractivity contribution in [1.29, 1.82) is 0 Å². The van der Waals surface area contributed by atoms with Gasteiger partial charge in [-0.3, -0.25) is 4.79 Å². The molecule has 1 aromatic heterocycles. The maximum atomic E-state index is 10.9. The summed E-state index contributed by atoms with van der Waals surface area (Å²) in [7, 11) is 0. The van der Waals surface area contributed by atoms with Crippen molar-refractivity contribution >= 4 is 28.4 Å². The number of nitrogens with zero attached hydrogens (tertiary/aromatic N) is 1. The molecule has 2 N–H and O–H groups in total. The molecule has 2 rings (SSSR count). The summed E-state index contributed by atoms with van der Waals surface area (Å²) in [5, 5.41) is 1.52. The van der Waals surface area contributed by atoms with E-state index in [9.17, 15) is 4.79 Å². The molecule has 1 aromatic carbocycles. The molecule has 0 radical (unpaired) electrons. The molecular formula is C10H7ClN2O. The van der Waals surface area contributed by atoms with Crippen LogP contribution < -0.4 is 5.73 Å². The van der Waals surface area contributed by atoms with E-state index in [2.05, 4.69) is 4.98 Å². The Labute approximate surface area is 85.5 Å². The van der Waals surface area contributed by atoms with Crippen LogP contribution in [0.15, 0.2) is 30.3 Å². The van der Waals surface area contributed by atoms with Gasteiger partial charge in [-0.1, -0.05) is 23.7 Å². The number of hydrogen-bond acceptors (Lipinski definition) is 2. The first-order valence-corrected chi connectivity index (χ1v) is 4.41. The Balaban J connectivity index is 2.69. The van der Waals surface area contributed by atoms with Gasteiger partial charge in [0.15, 0.2) is 0 Å². The van der Waals surface area contributed by atoms with E-state index in [1.165, 1.54) is 0 Å².